The number of unbranched alkanes of at least 4 members (excludes halogenated alkanes) is 7. The maximum atomic E-state index is 8.68. The van der Waals surface area contributed by atoms with Gasteiger partial charge in [0.1, 0.15) is 5.75 Å². The summed E-state index contributed by atoms with van der Waals surface area (Å²) in [5.74, 6) is 0.948. The predicted molar refractivity (Wildman–Crippen MR) is 90.7 cm³/mol. The van der Waals surface area contributed by atoms with Crippen molar-refractivity contribution in [2.75, 3.05) is 13.2 Å². The van der Waals surface area contributed by atoms with Crippen molar-refractivity contribution in [3.05, 3.63) is 36.4 Å². The highest BCUT2D eigenvalue weighted by atomic mass is 16.5. The summed E-state index contributed by atoms with van der Waals surface area (Å²) in [4.78, 5) is 0. The molecule has 0 unspecified atom stereocenters. The molecule has 118 valence electrons. The van der Waals surface area contributed by atoms with Gasteiger partial charge in [-0.25, -0.2) is 0 Å². The average Bonchev–Trinajstić information content (AvgIpc) is 2.49. The number of aliphatic hydroxyl groups is 1. The van der Waals surface area contributed by atoms with Gasteiger partial charge in [-0.15, -0.1) is 0 Å². The van der Waals surface area contributed by atoms with Gasteiger partial charge in [-0.3, -0.25) is 0 Å². The number of rotatable bonds is 12. The summed E-state index contributed by atoms with van der Waals surface area (Å²) < 4.78 is 5.74. The molecule has 0 heterocycles. The number of benzene rings is 1. The number of allylic oxidation sites excluding steroid dienone is 1. The molecule has 0 amide bonds. The normalized spacial score (nSPS) is 10.6. The monoisotopic (exact) mass is 290 g/mol. The maximum absolute atomic E-state index is 8.68. The van der Waals surface area contributed by atoms with Crippen molar-refractivity contribution >= 4 is 5.57 Å². The molecule has 0 aliphatic heterocycles. The van der Waals surface area contributed by atoms with Gasteiger partial charge < -0.3 is 9.84 Å². The Morgan fingerprint density at radius 3 is 1.95 bits per heavy atom. The molecule has 1 N–H and O–H groups in total. The van der Waals surface area contributed by atoms with E-state index in [2.05, 4.69) is 18.7 Å². The Morgan fingerprint density at radius 1 is 0.905 bits per heavy atom. The van der Waals surface area contributed by atoms with E-state index in [1.54, 1.807) is 0 Å². The summed E-state index contributed by atoms with van der Waals surface area (Å²) in [5.41, 5.74) is 2.25. The molecule has 1 aromatic carbocycles. The second-order valence-electron chi connectivity index (χ2n) is 5.71. The molecular formula is C19H30O2. The van der Waals surface area contributed by atoms with Gasteiger partial charge in [0.25, 0.3) is 0 Å². The largest absolute Gasteiger partial charge is 0.494 e. The van der Waals surface area contributed by atoms with Crippen molar-refractivity contribution < 1.29 is 9.84 Å². The summed E-state index contributed by atoms with van der Waals surface area (Å²) in [6.45, 7) is 7.08. The van der Waals surface area contributed by atoms with Gasteiger partial charge in [-0.05, 0) is 37.5 Å². The fourth-order valence-electron chi connectivity index (χ4n) is 2.30. The van der Waals surface area contributed by atoms with Crippen molar-refractivity contribution in [1.82, 2.24) is 0 Å². The Bertz CT molecular complexity index is 381. The molecule has 0 saturated carbocycles. The lowest BCUT2D eigenvalue weighted by molar-refractivity contribution is 0.282. The van der Waals surface area contributed by atoms with Gasteiger partial charge in [0.05, 0.1) is 6.61 Å². The Hall–Kier alpha value is -1.28. The second-order valence-corrected chi connectivity index (χ2v) is 5.71. The quantitative estimate of drug-likeness (QED) is 0.535. The summed E-state index contributed by atoms with van der Waals surface area (Å²) in [5, 5.41) is 8.68. The smallest absolute Gasteiger partial charge is 0.119 e. The molecule has 2 nitrogen and oxygen atoms in total. The van der Waals surface area contributed by atoms with E-state index in [1.807, 2.05) is 19.1 Å². The van der Waals surface area contributed by atoms with Crippen molar-refractivity contribution in [3.63, 3.8) is 0 Å². The standard InChI is InChI=1S/C19H30O2/c1-17(2)18-11-13-19(14-12-18)21-16-10-8-6-4-3-5-7-9-15-20/h11-14,20H,1,3-10,15-16H2,2H3. The molecule has 1 aromatic rings. The Morgan fingerprint density at radius 2 is 1.43 bits per heavy atom. The molecule has 0 fully saturated rings. The van der Waals surface area contributed by atoms with Crippen LogP contribution in [0.15, 0.2) is 30.8 Å². The van der Waals surface area contributed by atoms with Crippen LogP contribution in [0.1, 0.15) is 63.9 Å². The van der Waals surface area contributed by atoms with Gasteiger partial charge in [0.15, 0.2) is 0 Å². The minimum absolute atomic E-state index is 0.338. The molecule has 0 aliphatic rings. The van der Waals surface area contributed by atoms with E-state index in [-0.39, 0.29) is 0 Å². The lowest BCUT2D eigenvalue weighted by Gasteiger charge is -2.07. The zero-order valence-electron chi connectivity index (χ0n) is 13.4. The first-order chi connectivity index (χ1) is 10.2. The molecule has 2 heteroatoms. The molecule has 0 radical (unpaired) electrons. The van der Waals surface area contributed by atoms with Crippen LogP contribution < -0.4 is 4.74 Å². The van der Waals surface area contributed by atoms with Crippen LogP contribution in [0.5, 0.6) is 5.75 Å². The van der Waals surface area contributed by atoms with Crippen molar-refractivity contribution in [1.29, 1.82) is 0 Å². The van der Waals surface area contributed by atoms with E-state index in [0.717, 1.165) is 30.8 Å². The van der Waals surface area contributed by atoms with Gasteiger partial charge in [-0.2, -0.15) is 0 Å². The fraction of sp³-hybridized carbons (Fsp3) is 0.579. The van der Waals surface area contributed by atoms with Crippen molar-refractivity contribution in [3.8, 4) is 5.75 Å². The number of hydrogen-bond donors (Lipinski definition) is 1. The van der Waals surface area contributed by atoms with E-state index in [9.17, 15) is 0 Å². The third-order valence-electron chi connectivity index (χ3n) is 3.67. The van der Waals surface area contributed by atoms with E-state index in [1.165, 1.54) is 44.1 Å². The molecule has 21 heavy (non-hydrogen) atoms. The van der Waals surface area contributed by atoms with Gasteiger partial charge in [0.2, 0.25) is 0 Å². The Balaban J connectivity index is 1.98. The predicted octanol–water partition coefficient (Wildman–Crippen LogP) is 5.21. The van der Waals surface area contributed by atoms with Gasteiger partial charge >= 0.3 is 0 Å². The van der Waals surface area contributed by atoms with Crippen LogP contribution >= 0.6 is 0 Å². The van der Waals surface area contributed by atoms with Crippen LogP contribution in [-0.2, 0) is 0 Å². The third kappa shape index (κ3) is 8.56. The molecule has 0 bridgehead atoms. The molecule has 0 spiro atoms. The van der Waals surface area contributed by atoms with E-state index in [4.69, 9.17) is 9.84 Å². The minimum atomic E-state index is 0.338. The van der Waals surface area contributed by atoms with Crippen LogP contribution in [0.4, 0.5) is 0 Å². The van der Waals surface area contributed by atoms with Crippen LogP contribution in [-0.4, -0.2) is 18.3 Å². The summed E-state index contributed by atoms with van der Waals surface area (Å²) in [6.07, 6.45) is 9.63. The highest BCUT2D eigenvalue weighted by Crippen LogP contribution is 2.17. The molecule has 0 atom stereocenters. The average molecular weight is 290 g/mol. The molecule has 1 rings (SSSR count). The van der Waals surface area contributed by atoms with E-state index < -0.39 is 0 Å². The van der Waals surface area contributed by atoms with Gasteiger partial charge in [-0.1, -0.05) is 62.8 Å². The SMILES string of the molecule is C=C(C)c1ccc(OCCCCCCCCCCO)cc1. The molecule has 0 aromatic heterocycles. The summed E-state index contributed by atoms with van der Waals surface area (Å²) in [6, 6.07) is 8.16. The van der Waals surface area contributed by atoms with E-state index >= 15 is 0 Å². The zero-order chi connectivity index (χ0) is 15.3. The number of ether oxygens (including phenoxy) is 1. The zero-order valence-corrected chi connectivity index (χ0v) is 13.4. The van der Waals surface area contributed by atoms with E-state index in [0.29, 0.717) is 6.61 Å². The van der Waals surface area contributed by atoms with Crippen LogP contribution in [0, 0.1) is 0 Å². The minimum Gasteiger partial charge on any atom is -0.494 e. The lowest BCUT2D eigenvalue weighted by Crippen LogP contribution is -1.97. The Kier molecular flexibility index (Phi) is 9.64. The first-order valence-electron chi connectivity index (χ1n) is 8.23. The molecule has 0 aliphatic carbocycles. The van der Waals surface area contributed by atoms with Crippen LogP contribution in [0.25, 0.3) is 5.57 Å². The van der Waals surface area contributed by atoms with Gasteiger partial charge in [0, 0.05) is 6.61 Å². The second kappa shape index (κ2) is 11.4. The highest BCUT2D eigenvalue weighted by Gasteiger charge is 1.97. The lowest BCUT2D eigenvalue weighted by atomic mass is 10.1. The third-order valence-corrected chi connectivity index (χ3v) is 3.67. The summed E-state index contributed by atoms with van der Waals surface area (Å²) >= 11 is 0. The highest BCUT2D eigenvalue weighted by molar-refractivity contribution is 5.61. The molecule has 0 saturated heterocycles. The fourth-order valence-corrected chi connectivity index (χ4v) is 2.30. The number of aliphatic hydroxyl groups excluding tert-OH is 1. The van der Waals surface area contributed by atoms with Crippen LogP contribution in [0.2, 0.25) is 0 Å². The number of hydrogen-bond acceptors (Lipinski definition) is 2. The first-order valence-corrected chi connectivity index (χ1v) is 8.23. The maximum Gasteiger partial charge on any atom is 0.119 e. The Labute approximate surface area is 129 Å². The summed E-state index contributed by atoms with van der Waals surface area (Å²) in [7, 11) is 0. The van der Waals surface area contributed by atoms with Crippen molar-refractivity contribution in [2.45, 2.75) is 58.3 Å². The van der Waals surface area contributed by atoms with Crippen molar-refractivity contribution in [2.24, 2.45) is 0 Å². The first kappa shape index (κ1) is 17.8. The van der Waals surface area contributed by atoms with Crippen LogP contribution in [0.3, 0.4) is 0 Å². The molecular weight excluding hydrogens is 260 g/mol. The topological polar surface area (TPSA) is 29.5 Å².